The number of aromatic nitrogens is 4. The summed E-state index contributed by atoms with van der Waals surface area (Å²) in [6.45, 7) is 6.40. The minimum Gasteiger partial charge on any atom is -0.378 e. The van der Waals surface area contributed by atoms with Crippen molar-refractivity contribution >= 4 is 5.82 Å². The van der Waals surface area contributed by atoms with Crippen molar-refractivity contribution in [3.63, 3.8) is 0 Å². The molecule has 1 atom stereocenters. The van der Waals surface area contributed by atoms with Crippen molar-refractivity contribution in [3.8, 4) is 5.95 Å². The molecular formula is C20H28FN7O2. The number of fused-ring (bicyclic) bond motifs is 1. The van der Waals surface area contributed by atoms with Gasteiger partial charge in [0.2, 0.25) is 0 Å². The number of hydrogen-bond acceptors (Lipinski definition) is 7. The van der Waals surface area contributed by atoms with Gasteiger partial charge in [0.1, 0.15) is 0 Å². The third-order valence-corrected chi connectivity index (χ3v) is 6.52. The number of halogens is 1. The Labute approximate surface area is 174 Å². The lowest BCUT2D eigenvalue weighted by atomic mass is 9.92. The van der Waals surface area contributed by atoms with Crippen LogP contribution in [0, 0.1) is 5.82 Å². The first kappa shape index (κ1) is 19.7. The molecule has 0 spiro atoms. The lowest BCUT2D eigenvalue weighted by Gasteiger charge is -2.39. The highest BCUT2D eigenvalue weighted by atomic mass is 19.1. The highest BCUT2D eigenvalue weighted by molar-refractivity contribution is 5.42. The fraction of sp³-hybridized carbons (Fsp3) is 0.650. The fourth-order valence-corrected chi connectivity index (χ4v) is 4.68. The summed E-state index contributed by atoms with van der Waals surface area (Å²) in [6, 6.07) is 0.390. The number of rotatable bonds is 3. The molecule has 9 nitrogen and oxygen atoms in total. The number of anilines is 1. The van der Waals surface area contributed by atoms with Gasteiger partial charge in [0.15, 0.2) is 11.6 Å². The lowest BCUT2D eigenvalue weighted by molar-refractivity contribution is 0.103. The van der Waals surface area contributed by atoms with E-state index in [1.807, 2.05) is 4.90 Å². The topological polar surface area (TPSA) is 82.5 Å². The van der Waals surface area contributed by atoms with Crippen molar-refractivity contribution in [3.05, 3.63) is 33.6 Å². The van der Waals surface area contributed by atoms with E-state index in [1.54, 1.807) is 0 Å². The van der Waals surface area contributed by atoms with E-state index in [4.69, 9.17) is 4.74 Å². The zero-order chi connectivity index (χ0) is 20.7. The molecule has 1 N–H and O–H groups in total. The summed E-state index contributed by atoms with van der Waals surface area (Å²) in [5.41, 5.74) is 1.64. The van der Waals surface area contributed by atoms with E-state index in [-0.39, 0.29) is 17.3 Å². The predicted molar refractivity (Wildman–Crippen MR) is 110 cm³/mol. The lowest BCUT2D eigenvalue weighted by Crippen LogP contribution is -2.50. The molecule has 2 fully saturated rings. The number of likely N-dealkylation sites (N-methyl/N-ethyl adjacent to an activating group) is 1. The van der Waals surface area contributed by atoms with E-state index in [9.17, 15) is 9.18 Å². The highest BCUT2D eigenvalue weighted by Crippen LogP contribution is 2.23. The highest BCUT2D eigenvalue weighted by Gasteiger charge is 2.30. The van der Waals surface area contributed by atoms with Crippen LogP contribution >= 0.6 is 0 Å². The maximum absolute atomic E-state index is 14.4. The van der Waals surface area contributed by atoms with Crippen LogP contribution in [0.3, 0.4) is 0 Å². The van der Waals surface area contributed by atoms with Crippen LogP contribution in [0.2, 0.25) is 0 Å². The molecule has 10 heteroatoms. The third-order valence-electron chi connectivity index (χ3n) is 6.52. The van der Waals surface area contributed by atoms with E-state index in [0.29, 0.717) is 32.3 Å². The van der Waals surface area contributed by atoms with E-state index in [0.717, 1.165) is 62.9 Å². The Bertz CT molecular complexity index is 961. The average molecular weight is 417 g/mol. The van der Waals surface area contributed by atoms with Gasteiger partial charge in [-0.25, -0.2) is 9.37 Å². The number of nitrogens with one attached hydrogen (secondary N) is 1. The molecule has 2 aromatic heterocycles. The summed E-state index contributed by atoms with van der Waals surface area (Å²) in [5.74, 6) is -0.0772. The molecule has 30 heavy (non-hydrogen) atoms. The zero-order valence-electron chi connectivity index (χ0n) is 17.3. The molecule has 5 rings (SSSR count). The quantitative estimate of drug-likeness (QED) is 0.755. The van der Waals surface area contributed by atoms with Gasteiger partial charge >= 0.3 is 0 Å². The van der Waals surface area contributed by atoms with Crippen molar-refractivity contribution in [1.82, 2.24) is 29.5 Å². The maximum atomic E-state index is 14.4. The minimum absolute atomic E-state index is 0.122. The average Bonchev–Trinajstić information content (AvgIpc) is 3.11. The minimum atomic E-state index is -0.486. The molecule has 162 valence electrons. The van der Waals surface area contributed by atoms with Gasteiger partial charge in [-0.15, -0.1) is 0 Å². The second kappa shape index (κ2) is 8.09. The number of hydrogen-bond donors (Lipinski definition) is 1. The van der Waals surface area contributed by atoms with Crippen molar-refractivity contribution in [2.24, 2.45) is 0 Å². The molecular weight excluding hydrogens is 389 g/mol. The van der Waals surface area contributed by atoms with Gasteiger partial charge in [-0.2, -0.15) is 9.67 Å². The van der Waals surface area contributed by atoms with Crippen LogP contribution in [0.15, 0.2) is 11.0 Å². The van der Waals surface area contributed by atoms with Crippen molar-refractivity contribution < 1.29 is 9.13 Å². The van der Waals surface area contributed by atoms with E-state index < -0.39 is 5.82 Å². The summed E-state index contributed by atoms with van der Waals surface area (Å²) in [4.78, 5) is 28.3. The second-order valence-electron chi connectivity index (χ2n) is 8.39. The molecule has 2 saturated heterocycles. The number of piperazine rings is 1. The third kappa shape index (κ3) is 3.63. The summed E-state index contributed by atoms with van der Waals surface area (Å²) >= 11 is 0. The largest absolute Gasteiger partial charge is 0.378 e. The van der Waals surface area contributed by atoms with Gasteiger partial charge < -0.3 is 14.5 Å². The van der Waals surface area contributed by atoms with Crippen molar-refractivity contribution in [2.45, 2.75) is 25.3 Å². The van der Waals surface area contributed by atoms with Crippen molar-refractivity contribution in [2.75, 3.05) is 64.4 Å². The van der Waals surface area contributed by atoms with E-state index in [2.05, 4.69) is 31.9 Å². The molecule has 1 aliphatic carbocycles. The SMILES string of the molecule is CN1CCN(C2CCc3[nH]n(-c4ncc(F)c(N5CCOCC5)n4)c(=O)c3C2)CC1. The Hall–Kier alpha value is -2.30. The maximum Gasteiger partial charge on any atom is 0.277 e. The molecule has 0 aromatic carbocycles. The van der Waals surface area contributed by atoms with E-state index in [1.165, 1.54) is 4.68 Å². The first-order valence-corrected chi connectivity index (χ1v) is 10.7. The Morgan fingerprint density at radius 2 is 1.93 bits per heavy atom. The van der Waals surface area contributed by atoms with Crippen LogP contribution in [0.1, 0.15) is 17.7 Å². The zero-order valence-corrected chi connectivity index (χ0v) is 17.3. The van der Waals surface area contributed by atoms with Crippen LogP contribution in [0.4, 0.5) is 10.2 Å². The molecule has 4 heterocycles. The van der Waals surface area contributed by atoms with Crippen LogP contribution in [-0.4, -0.2) is 95.1 Å². The van der Waals surface area contributed by atoms with Crippen LogP contribution < -0.4 is 10.5 Å². The van der Waals surface area contributed by atoms with Gasteiger partial charge in [0.05, 0.1) is 19.4 Å². The van der Waals surface area contributed by atoms with Crippen LogP contribution in [-0.2, 0) is 17.6 Å². The summed E-state index contributed by atoms with van der Waals surface area (Å²) < 4.78 is 21.1. The number of nitrogens with zero attached hydrogens (tertiary/aromatic N) is 6. The normalized spacial score (nSPS) is 23.5. The van der Waals surface area contributed by atoms with Gasteiger partial charge in [-0.1, -0.05) is 0 Å². The molecule has 0 amide bonds. The summed E-state index contributed by atoms with van der Waals surface area (Å²) in [5, 5.41) is 3.19. The van der Waals surface area contributed by atoms with Crippen LogP contribution in [0.25, 0.3) is 5.95 Å². The molecule has 3 aliphatic rings. The monoisotopic (exact) mass is 417 g/mol. The number of ether oxygens (including phenoxy) is 1. The summed E-state index contributed by atoms with van der Waals surface area (Å²) in [7, 11) is 2.15. The van der Waals surface area contributed by atoms with Gasteiger partial charge in [-0.3, -0.25) is 14.8 Å². The second-order valence-corrected chi connectivity index (χ2v) is 8.39. The molecule has 0 bridgehead atoms. The van der Waals surface area contributed by atoms with Crippen molar-refractivity contribution in [1.29, 1.82) is 0 Å². The Kier molecular flexibility index (Phi) is 5.30. The van der Waals surface area contributed by atoms with Crippen LogP contribution in [0.5, 0.6) is 0 Å². The predicted octanol–water partition coefficient (Wildman–Crippen LogP) is 0.0360. The first-order valence-electron chi connectivity index (χ1n) is 10.7. The number of morpholine rings is 1. The van der Waals surface area contributed by atoms with E-state index >= 15 is 0 Å². The number of aromatic amines is 1. The fourth-order valence-electron chi connectivity index (χ4n) is 4.68. The molecule has 0 saturated carbocycles. The molecule has 2 aliphatic heterocycles. The summed E-state index contributed by atoms with van der Waals surface area (Å²) in [6.07, 6.45) is 3.73. The first-order chi connectivity index (χ1) is 14.6. The Balaban J connectivity index is 1.40. The molecule has 0 radical (unpaired) electrons. The van der Waals surface area contributed by atoms with Gasteiger partial charge in [0, 0.05) is 56.6 Å². The number of H-pyrrole nitrogens is 1. The Morgan fingerprint density at radius 1 is 1.17 bits per heavy atom. The number of aryl methyl sites for hydroxylation is 1. The van der Waals surface area contributed by atoms with Gasteiger partial charge in [-0.05, 0) is 26.3 Å². The molecule has 1 unspecified atom stereocenters. The smallest absolute Gasteiger partial charge is 0.277 e. The molecule has 2 aromatic rings. The Morgan fingerprint density at radius 3 is 2.70 bits per heavy atom. The standard InChI is InChI=1S/C20H28FN7O2/c1-25-4-6-26(7-5-25)14-2-3-17-15(12-14)19(29)28(24-17)20-22-13-16(21)18(23-20)27-8-10-30-11-9-27/h13-14,24H,2-12H2,1H3. The van der Waals surface area contributed by atoms with Gasteiger partial charge in [0.25, 0.3) is 11.5 Å².